The van der Waals surface area contributed by atoms with Crippen LogP contribution in [0.4, 0.5) is 0 Å². The summed E-state index contributed by atoms with van der Waals surface area (Å²) in [5, 5.41) is 0. The van der Waals surface area contributed by atoms with Gasteiger partial charge in [0.2, 0.25) is 0 Å². The fourth-order valence-electron chi connectivity index (χ4n) is 1.92. The van der Waals surface area contributed by atoms with Crippen LogP contribution in [-0.4, -0.2) is 0 Å². The zero-order chi connectivity index (χ0) is 59.1. The molecule has 0 aromatic heterocycles. The average molecular weight is 5530 g/mol. The summed E-state index contributed by atoms with van der Waals surface area (Å²) in [6, 6.07) is 60.0. The molecule has 0 unspecified atom stereocenters. The van der Waals surface area contributed by atoms with E-state index in [0.29, 0.717) is 0 Å². The topological polar surface area (TPSA) is 0 Å². The molecule has 0 aliphatic heterocycles. The van der Waals surface area contributed by atoms with E-state index >= 15 is 0 Å². The van der Waals surface area contributed by atoms with Crippen LogP contribution in [0.3, 0.4) is 0 Å². The average Bonchev–Trinajstić information content (AvgIpc) is 3.42. The monoisotopic (exact) mass is 5530 g/mol. The van der Waals surface area contributed by atoms with Gasteiger partial charge < -0.3 is 66.7 Å². The molecule has 0 amide bonds. The first-order valence-electron chi connectivity index (χ1n) is 27.5. The smallest absolute Gasteiger partial charge is 0 e. The third-order valence-corrected chi connectivity index (χ3v) is 3.33. The van der Waals surface area contributed by atoms with E-state index in [-0.39, 0.29) is 1690 Å². The Hall–Kier alpha value is 51.3. The minimum atomic E-state index is 0. The zero-order valence-corrected chi connectivity index (χ0v) is 231. The molecule has 0 N–H and O–H groups in total. The van der Waals surface area contributed by atoms with Crippen LogP contribution in [0.25, 0.3) is 0 Å². The van der Waals surface area contributed by atoms with Crippen molar-refractivity contribution in [2.24, 2.45) is 0 Å². The quantitative estimate of drug-likeness (QED) is 0.136. The van der Waals surface area contributed by atoms with Gasteiger partial charge in [-0.05, 0) is 0 Å². The third-order valence-electron chi connectivity index (χ3n) is 3.33. The van der Waals surface area contributed by atoms with Crippen LogP contribution >= 0.6 is 0 Å². The van der Waals surface area contributed by atoms with Crippen LogP contribution in [0.1, 0.15) is 257 Å². The Morgan fingerprint density at radius 2 is 0.0866 bits per heavy atom. The number of rotatable bonds is 0. The fraction of sp³-hybridized carbons (Fsp3) is 0.481. The minimum Gasteiger partial charge on any atom is -0.358 e. The van der Waals surface area contributed by atoms with E-state index < -0.39 is 0 Å². The summed E-state index contributed by atoms with van der Waals surface area (Å²) in [7, 11) is 0. The summed E-state index contributed by atoms with van der Waals surface area (Å²) < 4.78 is 0. The molecule has 0 aliphatic carbocycles. The molecule has 0 atom stereocenters. The molecule has 0 fully saturated rings. The number of benzene rings is 5. The Labute approximate surface area is 2070 Å². The van der Waals surface area contributed by atoms with E-state index in [2.05, 4.69) is 104 Å². The predicted molar refractivity (Wildman–Crippen MR) is 393 cm³/mol. The normalized spacial score (nSPS) is 3.78. The van der Waals surface area contributed by atoms with Crippen molar-refractivity contribution in [2.75, 3.05) is 0 Å². The maximum atomic E-state index is 2.08. The van der Waals surface area contributed by atoms with Crippen molar-refractivity contribution >= 4 is 0 Å². The molecule has 5 aromatic carbocycles. The molecule has 0 heterocycles. The summed E-state index contributed by atoms with van der Waals surface area (Å²) in [5.41, 5.74) is 0. The molecule has 50 radical (unpaired) electrons. The zero-order valence-electron chi connectivity index (χ0n) is 88.7. The van der Waals surface area contributed by atoms with E-state index in [1.807, 2.05) is 320 Å². The second-order valence-electron chi connectivity index (χ2n) is 13.3. The van der Waals surface area contributed by atoms with Gasteiger partial charge in [0.05, 0.1) is 0 Å². The van der Waals surface area contributed by atoms with Crippen LogP contribution in [0, 0.1) is 66.7 Å². The first-order valence-corrected chi connectivity index (χ1v) is 27.5. The second-order valence-corrected chi connectivity index (χ2v) is 13.3. The molecule has 0 nitrogen and oxygen atoms in total. The van der Waals surface area contributed by atoms with E-state index in [1.54, 1.807) is 0 Å². The van der Waals surface area contributed by atoms with Crippen molar-refractivity contribution in [3.05, 3.63) is 249 Å². The van der Waals surface area contributed by atoms with Crippen molar-refractivity contribution in [2.45, 2.75) is 257 Å². The molecule has 127 heavy (non-hydrogen) atoms. The molecule has 0 saturated heterocycles. The summed E-state index contributed by atoms with van der Waals surface area (Å²) in [6.07, 6.45) is 0. The summed E-state index contributed by atoms with van der Waals surface area (Å²) >= 11 is 0. The summed E-state index contributed by atoms with van der Waals surface area (Å²) in [6.45, 7) is 71.3. The molecule has 0 saturated carbocycles. The van der Waals surface area contributed by atoms with Gasteiger partial charge in [0, 0.05) is 1640 Å². The number of hydrogen-bond donors (Lipinski definition) is 0. The molecule has 5 rings (SSSR count). The minimum absolute atomic E-state index is 0. The van der Waals surface area contributed by atoms with Crippen LogP contribution in [0.15, 0.2) is 182 Å². The van der Waals surface area contributed by atoms with Crippen LogP contribution in [0.2, 0.25) is 0 Å². The molecule has 0 spiro atoms. The maximum absolute atomic E-state index is 2.08. The molecule has 0 bridgehead atoms. The molecule has 0 aliphatic rings. The SMILES string of the molecule is C.C.CC.CC.CC.CC.CC.CC.CC.CC.CC.CC.C[C-](C)C.C[C-](C)C.C[C-](C)C.C[C-](C)C.C[C-](C)C.[CH3-].[CH3-].[CH3-].[CH3-].[CH3-].[Y].[Y].[Y].[Y].[Y].[Y].[Y].[Y].[Y].[Y].[Y].[Y].[Y].[Y].[Y].[Y].[Y].[Y].[Y].[Y].[Y].[Y].[Y].[Y].[Y].[Y].[Y].[Y].[Y].[Y].[Y].[Y].[Y].[Y].[Y].[Y].[Y].[Y].[Y].[Y].[Y].[Y].[Y].[Y].[Y].[Y].[Y].[Y].[Y].[Y].c1ccccc1.c1ccccc1.c1ccccc1.c1ccccc1.c1ccccc1. The van der Waals surface area contributed by atoms with Gasteiger partial charge in [-0.1, -0.05) is 335 Å². The van der Waals surface area contributed by atoms with Gasteiger partial charge in [-0.25, -0.2) is 0 Å². The second kappa shape index (κ2) is 594. The van der Waals surface area contributed by atoms with E-state index in [9.17, 15) is 0 Å². The Bertz CT molecular complexity index is 843. The first-order chi connectivity index (χ1) is 33.7. The molecular formula is C77H158Y50-10. The Morgan fingerprint density at radius 3 is 0.0945 bits per heavy atom. The van der Waals surface area contributed by atoms with Gasteiger partial charge >= 0.3 is 0 Å². The number of hydrogen-bond acceptors (Lipinski definition) is 0. The fourth-order valence-corrected chi connectivity index (χ4v) is 1.92. The molecule has 50 heteroatoms. The van der Waals surface area contributed by atoms with Gasteiger partial charge in [0.25, 0.3) is 0 Å². The van der Waals surface area contributed by atoms with E-state index in [1.165, 1.54) is 29.6 Å². The van der Waals surface area contributed by atoms with Crippen molar-refractivity contribution in [1.29, 1.82) is 0 Å². The van der Waals surface area contributed by atoms with Gasteiger partial charge in [-0.3, -0.25) is 0 Å². The van der Waals surface area contributed by atoms with E-state index in [0.717, 1.165) is 0 Å². The van der Waals surface area contributed by atoms with Crippen molar-refractivity contribution in [3.63, 3.8) is 0 Å². The maximum Gasteiger partial charge on any atom is 0 e. The molecule has 5 aromatic rings. The van der Waals surface area contributed by atoms with Crippen molar-refractivity contribution in [3.8, 4) is 0 Å². The predicted octanol–water partition coefficient (Wildman–Crippen LogP) is 30.2. The van der Waals surface area contributed by atoms with Gasteiger partial charge in [-0.15, -0.1) is 0 Å². The van der Waals surface area contributed by atoms with Crippen molar-refractivity contribution < 1.29 is 1640 Å². The van der Waals surface area contributed by atoms with Crippen LogP contribution < -0.4 is 0 Å². The Kier molecular flexibility index (Phi) is 2320. The van der Waals surface area contributed by atoms with Crippen molar-refractivity contribution in [1.82, 2.24) is 0 Å². The Balaban J connectivity index is -0.00000000353. The summed E-state index contributed by atoms with van der Waals surface area (Å²) in [5.74, 6) is 7.08. The first kappa shape index (κ1) is 496. The van der Waals surface area contributed by atoms with Gasteiger partial charge in [0.15, 0.2) is 0 Å². The molecular weight excluding hydrogens is 5370 g/mol. The standard InChI is InChI=1S/5C6H6.5C4H9.10C2H6.2CH4.5CH3.50Y/c5*1-2-4-6-5-3-1;5*1-4(2)3;10*1-2;;;;;;;;;;;;;;;;;;;;;;;;;;;;;;;;;;;;;;;;;;;;;;;;;;;;;;;;;/h5*1-6H;5*1-3H3;10*1-2H3;2*1H4;5*1H3;;;;;;;;;;;;;;;;;;;;;;;;;;;;;;;;;;;;;;;;;;;;;;;;;;/q;;;;;5*-1;;;;;;;;;;;;;5*-1;;;;;;;;;;;;;;;;;;;;;;;;;;;;;;;;;;;;;;;;;;;;;;;;;;. The molecule has 626 valence electrons. The van der Waals surface area contributed by atoms with Gasteiger partial charge in [-0.2, -0.15) is 104 Å². The summed E-state index contributed by atoms with van der Waals surface area (Å²) in [4.78, 5) is 0. The van der Waals surface area contributed by atoms with Crippen LogP contribution in [-0.2, 0) is 1640 Å². The van der Waals surface area contributed by atoms with Crippen LogP contribution in [0.5, 0.6) is 0 Å². The Morgan fingerprint density at radius 1 is 0.0787 bits per heavy atom. The third kappa shape index (κ3) is 824. The largest absolute Gasteiger partial charge is 0.358 e. The van der Waals surface area contributed by atoms with E-state index in [4.69, 9.17) is 0 Å². The van der Waals surface area contributed by atoms with Gasteiger partial charge in [0.1, 0.15) is 0 Å².